The molecule has 0 aromatic rings. The van der Waals surface area contributed by atoms with Crippen molar-refractivity contribution in [3.8, 4) is 0 Å². The second-order valence-electron chi connectivity index (χ2n) is 4.66. The normalized spacial score (nSPS) is 29.8. The van der Waals surface area contributed by atoms with Crippen LogP contribution in [0.25, 0.3) is 0 Å². The zero-order valence-corrected chi connectivity index (χ0v) is 9.74. The van der Waals surface area contributed by atoms with Gasteiger partial charge in [0, 0.05) is 51.9 Å². The highest BCUT2D eigenvalue weighted by Gasteiger charge is 2.16. The summed E-state index contributed by atoms with van der Waals surface area (Å²) in [4.78, 5) is 4.94. The maximum atomic E-state index is 5.33. The fraction of sp³-hybridized carbons (Fsp3) is 1.00. The van der Waals surface area contributed by atoms with E-state index >= 15 is 0 Å². The largest absolute Gasteiger partial charge is 0.380 e. The highest BCUT2D eigenvalue weighted by atomic mass is 16.5. The van der Waals surface area contributed by atoms with Crippen molar-refractivity contribution in [1.82, 2.24) is 15.1 Å². The van der Waals surface area contributed by atoms with Crippen molar-refractivity contribution in [2.24, 2.45) is 0 Å². The van der Waals surface area contributed by atoms with Crippen molar-refractivity contribution in [2.75, 3.05) is 59.5 Å². The molecular formula is C11H23N3O. The SMILES string of the molecule is CN1CCN(CCNC2CCOC2)CC1. The predicted octanol–water partition coefficient (Wildman–Crippen LogP) is -0.388. The molecule has 88 valence electrons. The Morgan fingerprint density at radius 2 is 2.07 bits per heavy atom. The van der Waals surface area contributed by atoms with Crippen molar-refractivity contribution in [3.05, 3.63) is 0 Å². The second kappa shape index (κ2) is 5.80. The molecule has 0 radical (unpaired) electrons. The van der Waals surface area contributed by atoms with Crippen LogP contribution in [0.4, 0.5) is 0 Å². The smallest absolute Gasteiger partial charge is 0.0620 e. The minimum atomic E-state index is 0.609. The molecule has 4 heteroatoms. The molecule has 0 saturated carbocycles. The average molecular weight is 213 g/mol. The van der Waals surface area contributed by atoms with Crippen LogP contribution in [0.15, 0.2) is 0 Å². The van der Waals surface area contributed by atoms with Crippen molar-refractivity contribution < 1.29 is 4.74 Å². The highest BCUT2D eigenvalue weighted by molar-refractivity contribution is 4.74. The third kappa shape index (κ3) is 3.72. The molecule has 1 N–H and O–H groups in total. The van der Waals surface area contributed by atoms with E-state index in [0.717, 1.165) is 19.8 Å². The van der Waals surface area contributed by atoms with Gasteiger partial charge in [-0.1, -0.05) is 0 Å². The van der Waals surface area contributed by atoms with E-state index in [1.807, 2.05) is 0 Å². The molecule has 0 aromatic heterocycles. The van der Waals surface area contributed by atoms with E-state index in [-0.39, 0.29) is 0 Å². The van der Waals surface area contributed by atoms with Gasteiger partial charge < -0.3 is 15.0 Å². The van der Waals surface area contributed by atoms with E-state index in [1.165, 1.54) is 39.1 Å². The number of nitrogens with zero attached hydrogens (tertiary/aromatic N) is 2. The summed E-state index contributed by atoms with van der Waals surface area (Å²) in [7, 11) is 2.20. The maximum Gasteiger partial charge on any atom is 0.0620 e. The molecule has 2 aliphatic heterocycles. The fourth-order valence-electron chi connectivity index (χ4n) is 2.19. The van der Waals surface area contributed by atoms with Crippen LogP contribution in [-0.2, 0) is 4.74 Å². The highest BCUT2D eigenvalue weighted by Crippen LogP contribution is 2.03. The molecule has 0 amide bonds. The Kier molecular flexibility index (Phi) is 4.38. The molecular weight excluding hydrogens is 190 g/mol. The number of hydrogen-bond acceptors (Lipinski definition) is 4. The third-order valence-corrected chi connectivity index (χ3v) is 3.39. The van der Waals surface area contributed by atoms with Gasteiger partial charge in [0.1, 0.15) is 0 Å². The van der Waals surface area contributed by atoms with Crippen molar-refractivity contribution in [2.45, 2.75) is 12.5 Å². The Labute approximate surface area is 92.6 Å². The van der Waals surface area contributed by atoms with Crippen LogP contribution < -0.4 is 5.32 Å². The van der Waals surface area contributed by atoms with Gasteiger partial charge in [-0.25, -0.2) is 0 Å². The first-order valence-electron chi connectivity index (χ1n) is 6.06. The van der Waals surface area contributed by atoms with Gasteiger partial charge in [-0.15, -0.1) is 0 Å². The van der Waals surface area contributed by atoms with Gasteiger partial charge in [0.15, 0.2) is 0 Å². The molecule has 15 heavy (non-hydrogen) atoms. The minimum absolute atomic E-state index is 0.609. The van der Waals surface area contributed by atoms with Crippen LogP contribution in [0.5, 0.6) is 0 Å². The lowest BCUT2D eigenvalue weighted by atomic mass is 10.2. The van der Waals surface area contributed by atoms with Crippen LogP contribution >= 0.6 is 0 Å². The molecule has 2 saturated heterocycles. The summed E-state index contributed by atoms with van der Waals surface area (Å²) < 4.78 is 5.33. The Balaban J connectivity index is 1.53. The van der Waals surface area contributed by atoms with Crippen LogP contribution in [0.3, 0.4) is 0 Å². The number of piperazine rings is 1. The quantitative estimate of drug-likeness (QED) is 0.688. The molecule has 1 unspecified atom stereocenters. The zero-order chi connectivity index (χ0) is 10.5. The summed E-state index contributed by atoms with van der Waals surface area (Å²) >= 11 is 0. The number of hydrogen-bond donors (Lipinski definition) is 1. The van der Waals surface area contributed by atoms with Gasteiger partial charge in [-0.05, 0) is 13.5 Å². The molecule has 0 aromatic carbocycles. The van der Waals surface area contributed by atoms with Crippen LogP contribution in [0, 0.1) is 0 Å². The molecule has 0 bridgehead atoms. The first-order valence-corrected chi connectivity index (χ1v) is 6.06. The standard InChI is InChI=1S/C11H23N3O/c1-13-5-7-14(8-6-13)4-3-12-11-2-9-15-10-11/h11-12H,2-10H2,1H3. The van der Waals surface area contributed by atoms with Gasteiger partial charge >= 0.3 is 0 Å². The summed E-state index contributed by atoms with van der Waals surface area (Å²) in [5.74, 6) is 0. The predicted molar refractivity (Wildman–Crippen MR) is 61.2 cm³/mol. The topological polar surface area (TPSA) is 27.7 Å². The molecule has 2 aliphatic rings. The summed E-state index contributed by atoms with van der Waals surface area (Å²) in [6, 6.07) is 0.609. The fourth-order valence-corrected chi connectivity index (χ4v) is 2.19. The Bertz CT molecular complexity index is 175. The van der Waals surface area contributed by atoms with Gasteiger partial charge in [0.2, 0.25) is 0 Å². The number of rotatable bonds is 4. The summed E-state index contributed by atoms with van der Waals surface area (Å²) in [5.41, 5.74) is 0. The number of ether oxygens (including phenoxy) is 1. The van der Waals surface area contributed by atoms with Gasteiger partial charge in [0.05, 0.1) is 6.61 Å². The van der Waals surface area contributed by atoms with Crippen molar-refractivity contribution in [3.63, 3.8) is 0 Å². The average Bonchev–Trinajstić information content (AvgIpc) is 2.74. The lowest BCUT2D eigenvalue weighted by Crippen LogP contribution is -2.47. The lowest BCUT2D eigenvalue weighted by molar-refractivity contribution is 0.152. The van der Waals surface area contributed by atoms with Gasteiger partial charge in [-0.3, -0.25) is 4.90 Å². The van der Waals surface area contributed by atoms with Crippen molar-refractivity contribution in [1.29, 1.82) is 0 Å². The summed E-state index contributed by atoms with van der Waals surface area (Å²) in [5, 5.41) is 3.56. The van der Waals surface area contributed by atoms with Crippen LogP contribution in [-0.4, -0.2) is 75.4 Å². The molecule has 1 atom stereocenters. The second-order valence-corrected chi connectivity index (χ2v) is 4.66. The molecule has 2 heterocycles. The Hall–Kier alpha value is -0.160. The molecule has 0 aliphatic carbocycles. The monoisotopic (exact) mass is 213 g/mol. The lowest BCUT2D eigenvalue weighted by Gasteiger charge is -2.32. The van der Waals surface area contributed by atoms with Gasteiger partial charge in [0.25, 0.3) is 0 Å². The van der Waals surface area contributed by atoms with Gasteiger partial charge in [-0.2, -0.15) is 0 Å². The zero-order valence-electron chi connectivity index (χ0n) is 9.74. The van der Waals surface area contributed by atoms with Crippen LogP contribution in [0.1, 0.15) is 6.42 Å². The maximum absolute atomic E-state index is 5.33. The first kappa shape index (κ1) is 11.3. The summed E-state index contributed by atoms with van der Waals surface area (Å²) in [6.07, 6.45) is 1.18. The van der Waals surface area contributed by atoms with E-state index in [0.29, 0.717) is 6.04 Å². The Morgan fingerprint density at radius 3 is 2.73 bits per heavy atom. The molecule has 0 spiro atoms. The van der Waals surface area contributed by atoms with Crippen LogP contribution in [0.2, 0.25) is 0 Å². The molecule has 2 rings (SSSR count). The third-order valence-electron chi connectivity index (χ3n) is 3.39. The number of likely N-dealkylation sites (N-methyl/N-ethyl adjacent to an activating group) is 1. The number of nitrogens with one attached hydrogen (secondary N) is 1. The van der Waals surface area contributed by atoms with E-state index < -0.39 is 0 Å². The molecule has 2 fully saturated rings. The van der Waals surface area contributed by atoms with E-state index in [2.05, 4.69) is 22.2 Å². The van der Waals surface area contributed by atoms with Crippen molar-refractivity contribution >= 4 is 0 Å². The summed E-state index contributed by atoms with van der Waals surface area (Å²) in [6.45, 7) is 9.01. The van der Waals surface area contributed by atoms with E-state index in [9.17, 15) is 0 Å². The van der Waals surface area contributed by atoms with E-state index in [4.69, 9.17) is 4.74 Å². The Morgan fingerprint density at radius 1 is 1.27 bits per heavy atom. The van der Waals surface area contributed by atoms with E-state index in [1.54, 1.807) is 0 Å². The first-order chi connectivity index (χ1) is 7.34. The minimum Gasteiger partial charge on any atom is -0.380 e. The molecule has 4 nitrogen and oxygen atoms in total.